The van der Waals surface area contributed by atoms with Crippen molar-refractivity contribution < 1.29 is 27.8 Å². The van der Waals surface area contributed by atoms with Gasteiger partial charge in [0.25, 0.3) is 0 Å². The fourth-order valence-corrected chi connectivity index (χ4v) is 1.58. The maximum atomic E-state index is 12.1. The summed E-state index contributed by atoms with van der Waals surface area (Å²) in [6.45, 7) is -0.165. The molecule has 1 atom stereocenters. The molecule has 1 rings (SSSR count). The summed E-state index contributed by atoms with van der Waals surface area (Å²) in [4.78, 5) is 15.2. The molecule has 0 radical (unpaired) electrons. The zero-order valence-electron chi connectivity index (χ0n) is 12.3. The van der Waals surface area contributed by atoms with Gasteiger partial charge in [0.2, 0.25) is 5.88 Å². The Morgan fingerprint density at radius 3 is 2.83 bits per heavy atom. The van der Waals surface area contributed by atoms with Crippen molar-refractivity contribution in [2.24, 2.45) is 0 Å². The molecule has 0 saturated heterocycles. The van der Waals surface area contributed by atoms with E-state index in [2.05, 4.69) is 26.9 Å². The number of carbonyl (C=O) groups is 1. The second kappa shape index (κ2) is 9.67. The number of rotatable bonds is 9. The van der Waals surface area contributed by atoms with Crippen LogP contribution in [0.4, 0.5) is 18.0 Å². The van der Waals surface area contributed by atoms with Gasteiger partial charge in [-0.15, -0.1) is 0 Å². The van der Waals surface area contributed by atoms with E-state index in [0.29, 0.717) is 5.56 Å². The smallest absolute Gasteiger partial charge is 0.388 e. The maximum absolute atomic E-state index is 12.1. The largest absolute Gasteiger partial charge is 0.417 e. The first-order chi connectivity index (χ1) is 10.9. The van der Waals surface area contributed by atoms with Gasteiger partial charge in [0.1, 0.15) is 0 Å². The Kier molecular flexibility index (Phi) is 7.89. The molecule has 0 aliphatic carbocycles. The predicted octanol–water partition coefficient (Wildman–Crippen LogP) is 1.76. The van der Waals surface area contributed by atoms with Gasteiger partial charge in [-0.3, -0.25) is 4.39 Å². The number of hydrogen-bond acceptors (Lipinski definition) is 4. The van der Waals surface area contributed by atoms with Crippen molar-refractivity contribution >= 4 is 6.03 Å². The minimum atomic E-state index is -2.98. The standard InChI is InChI=1S/C14H18F3N3O3/c1-9(2-4-15)11(21)8-20-14(22)19-7-10-3-5-18-12(6-10)23-13(16)17/h3,5-6,11,13,21H,1-2,4,7-8H2,(H2,19,20,22). The van der Waals surface area contributed by atoms with E-state index in [0.717, 1.165) is 0 Å². The average molecular weight is 333 g/mol. The summed E-state index contributed by atoms with van der Waals surface area (Å²) >= 11 is 0. The van der Waals surface area contributed by atoms with Crippen molar-refractivity contribution in [3.63, 3.8) is 0 Å². The topological polar surface area (TPSA) is 83.5 Å². The van der Waals surface area contributed by atoms with Crippen LogP contribution >= 0.6 is 0 Å². The highest BCUT2D eigenvalue weighted by Gasteiger charge is 2.11. The van der Waals surface area contributed by atoms with E-state index in [1.165, 1.54) is 18.3 Å². The third-order valence-corrected chi connectivity index (χ3v) is 2.80. The molecular weight excluding hydrogens is 315 g/mol. The lowest BCUT2D eigenvalue weighted by Gasteiger charge is -2.14. The molecule has 1 heterocycles. The highest BCUT2D eigenvalue weighted by molar-refractivity contribution is 5.73. The first kappa shape index (κ1) is 18.8. The van der Waals surface area contributed by atoms with Gasteiger partial charge in [-0.2, -0.15) is 8.78 Å². The van der Waals surface area contributed by atoms with Crippen LogP contribution in [0.25, 0.3) is 0 Å². The van der Waals surface area contributed by atoms with Crippen LogP contribution in [0.5, 0.6) is 5.88 Å². The van der Waals surface area contributed by atoms with Gasteiger partial charge in [0.15, 0.2) is 0 Å². The Labute approximate surface area is 131 Å². The molecule has 0 aliphatic rings. The Morgan fingerprint density at radius 2 is 2.17 bits per heavy atom. The molecule has 0 saturated carbocycles. The van der Waals surface area contributed by atoms with Crippen molar-refractivity contribution in [1.82, 2.24) is 15.6 Å². The van der Waals surface area contributed by atoms with Gasteiger partial charge in [-0.05, 0) is 23.6 Å². The molecule has 0 aliphatic heterocycles. The SMILES string of the molecule is C=C(CCF)C(O)CNC(=O)NCc1ccnc(OC(F)F)c1. The lowest BCUT2D eigenvalue weighted by atomic mass is 10.1. The number of aromatic nitrogens is 1. The summed E-state index contributed by atoms with van der Waals surface area (Å²) in [5.41, 5.74) is 0.795. The number of pyridine rings is 1. The second-order valence-electron chi connectivity index (χ2n) is 4.56. The van der Waals surface area contributed by atoms with Gasteiger partial charge < -0.3 is 20.5 Å². The molecule has 9 heteroatoms. The summed E-state index contributed by atoms with van der Waals surface area (Å²) in [5, 5.41) is 14.5. The van der Waals surface area contributed by atoms with Crippen LogP contribution in [-0.2, 0) is 6.54 Å². The summed E-state index contributed by atoms with van der Waals surface area (Å²) in [6, 6.07) is 2.21. The summed E-state index contributed by atoms with van der Waals surface area (Å²) in [5.74, 6) is -0.252. The molecule has 2 amide bonds. The average Bonchev–Trinajstić information content (AvgIpc) is 2.50. The molecule has 6 nitrogen and oxygen atoms in total. The van der Waals surface area contributed by atoms with E-state index in [-0.39, 0.29) is 31.0 Å². The molecule has 0 spiro atoms. The van der Waals surface area contributed by atoms with Crippen LogP contribution in [0.3, 0.4) is 0 Å². The second-order valence-corrected chi connectivity index (χ2v) is 4.56. The van der Waals surface area contributed by atoms with Crippen LogP contribution in [0.2, 0.25) is 0 Å². The molecule has 1 unspecified atom stereocenters. The maximum Gasteiger partial charge on any atom is 0.388 e. The van der Waals surface area contributed by atoms with E-state index < -0.39 is 25.4 Å². The lowest BCUT2D eigenvalue weighted by molar-refractivity contribution is -0.0529. The van der Waals surface area contributed by atoms with Gasteiger partial charge in [-0.25, -0.2) is 9.78 Å². The number of aliphatic hydroxyl groups excluding tert-OH is 1. The number of nitrogens with one attached hydrogen (secondary N) is 2. The number of urea groups is 1. The molecule has 0 fully saturated rings. The highest BCUT2D eigenvalue weighted by atomic mass is 19.3. The van der Waals surface area contributed by atoms with E-state index >= 15 is 0 Å². The van der Waals surface area contributed by atoms with Crippen molar-refractivity contribution in [1.29, 1.82) is 0 Å². The highest BCUT2D eigenvalue weighted by Crippen LogP contribution is 2.12. The third kappa shape index (κ3) is 7.50. The number of aliphatic hydroxyl groups is 1. The first-order valence-corrected chi connectivity index (χ1v) is 6.75. The van der Waals surface area contributed by atoms with Gasteiger partial charge >= 0.3 is 12.6 Å². The fraction of sp³-hybridized carbons (Fsp3) is 0.429. The summed E-state index contributed by atoms with van der Waals surface area (Å²) in [6.07, 6.45) is 0.259. The van der Waals surface area contributed by atoms with Crippen LogP contribution < -0.4 is 15.4 Å². The van der Waals surface area contributed by atoms with Gasteiger partial charge in [0, 0.05) is 25.4 Å². The first-order valence-electron chi connectivity index (χ1n) is 6.75. The van der Waals surface area contributed by atoms with Crippen molar-refractivity contribution in [3.05, 3.63) is 36.0 Å². The molecule has 0 bridgehead atoms. The van der Waals surface area contributed by atoms with Crippen molar-refractivity contribution in [3.8, 4) is 5.88 Å². The molecule has 128 valence electrons. The van der Waals surface area contributed by atoms with Crippen molar-refractivity contribution in [2.45, 2.75) is 25.7 Å². The van der Waals surface area contributed by atoms with Crippen LogP contribution in [0.1, 0.15) is 12.0 Å². The Balaban J connectivity index is 2.37. The van der Waals surface area contributed by atoms with E-state index in [9.17, 15) is 23.1 Å². The van der Waals surface area contributed by atoms with Crippen LogP contribution in [-0.4, -0.2) is 42.1 Å². The minimum Gasteiger partial charge on any atom is -0.417 e. The van der Waals surface area contributed by atoms with Crippen LogP contribution in [0, 0.1) is 0 Å². The number of carbonyl (C=O) groups excluding carboxylic acids is 1. The number of amides is 2. The molecule has 0 aromatic carbocycles. The van der Waals surface area contributed by atoms with E-state index in [1.807, 2.05) is 0 Å². The Hall–Kier alpha value is -2.29. The number of hydrogen-bond donors (Lipinski definition) is 3. The van der Waals surface area contributed by atoms with E-state index in [1.54, 1.807) is 0 Å². The number of nitrogens with zero attached hydrogens (tertiary/aromatic N) is 1. The Bertz CT molecular complexity index is 529. The zero-order valence-corrected chi connectivity index (χ0v) is 12.3. The van der Waals surface area contributed by atoms with Gasteiger partial charge in [-0.1, -0.05) is 6.58 Å². The zero-order chi connectivity index (χ0) is 17.2. The third-order valence-electron chi connectivity index (χ3n) is 2.80. The number of ether oxygens (including phenoxy) is 1. The summed E-state index contributed by atoms with van der Waals surface area (Å²) in [7, 11) is 0. The van der Waals surface area contributed by atoms with E-state index in [4.69, 9.17) is 0 Å². The van der Waals surface area contributed by atoms with Gasteiger partial charge in [0.05, 0.1) is 12.8 Å². The quantitative estimate of drug-likeness (QED) is 0.601. The normalized spacial score (nSPS) is 11.9. The minimum absolute atomic E-state index is 0.0222. The molecule has 23 heavy (non-hydrogen) atoms. The number of halogens is 3. The fourth-order valence-electron chi connectivity index (χ4n) is 1.58. The molecule has 1 aromatic heterocycles. The Morgan fingerprint density at radius 1 is 1.43 bits per heavy atom. The lowest BCUT2D eigenvalue weighted by Crippen LogP contribution is -2.39. The molecule has 1 aromatic rings. The summed E-state index contributed by atoms with van der Waals surface area (Å²) < 4.78 is 40.4. The number of alkyl halides is 3. The predicted molar refractivity (Wildman–Crippen MR) is 76.8 cm³/mol. The van der Waals surface area contributed by atoms with Crippen LogP contribution in [0.15, 0.2) is 30.5 Å². The monoisotopic (exact) mass is 333 g/mol. The van der Waals surface area contributed by atoms with Crippen molar-refractivity contribution in [2.75, 3.05) is 13.2 Å². The molecular formula is C14H18F3N3O3. The molecule has 3 N–H and O–H groups in total.